The number of ether oxygens (including phenoxy) is 4. The molecule has 4 rings (SSSR count). The summed E-state index contributed by atoms with van der Waals surface area (Å²) in [5.41, 5.74) is 5.75. The van der Waals surface area contributed by atoms with Gasteiger partial charge >= 0.3 is 5.97 Å². The highest BCUT2D eigenvalue weighted by atomic mass is 16.7. The van der Waals surface area contributed by atoms with Gasteiger partial charge in [-0.2, -0.15) is 0 Å². The van der Waals surface area contributed by atoms with Crippen molar-refractivity contribution in [3.8, 4) is 0 Å². The number of hydrogen-bond acceptors (Lipinski definition) is 9. The van der Waals surface area contributed by atoms with Gasteiger partial charge in [0.2, 0.25) is 6.41 Å². The van der Waals surface area contributed by atoms with Crippen LogP contribution in [-0.2, 0) is 28.5 Å². The summed E-state index contributed by atoms with van der Waals surface area (Å²) in [6, 6.07) is -0.453. The quantitative estimate of drug-likeness (QED) is 0.291. The van der Waals surface area contributed by atoms with Gasteiger partial charge in [-0.25, -0.2) is 4.90 Å². The minimum Gasteiger partial charge on any atom is -0.459 e. The number of nitrogens with zero attached hydrogens (tertiary/aromatic N) is 1. The molecule has 0 aromatic carbocycles. The average molecular weight is 565 g/mol. The number of carbonyl (C=O) groups is 2. The van der Waals surface area contributed by atoms with E-state index in [0.717, 1.165) is 44.1 Å². The molecule has 4 aliphatic rings. The lowest BCUT2D eigenvalue weighted by Gasteiger charge is -2.58. The molecule has 4 aliphatic heterocycles. The third-order valence-electron chi connectivity index (χ3n) is 9.92. The van der Waals surface area contributed by atoms with Crippen LogP contribution in [0.2, 0.25) is 0 Å². The lowest BCUT2D eigenvalue weighted by atomic mass is 9.71. The first-order valence-electron chi connectivity index (χ1n) is 15.5. The average Bonchev–Trinajstić information content (AvgIpc) is 3.15. The predicted molar refractivity (Wildman–Crippen MR) is 151 cm³/mol. The summed E-state index contributed by atoms with van der Waals surface area (Å²) < 4.78 is 25.3. The van der Waals surface area contributed by atoms with Crippen LogP contribution in [0.25, 0.3) is 0 Å². The van der Waals surface area contributed by atoms with Crippen molar-refractivity contribution >= 4 is 11.8 Å². The Bertz CT molecular complexity index is 945. The second-order valence-corrected chi connectivity index (χ2v) is 13.0. The molecule has 0 aliphatic carbocycles. The van der Waals surface area contributed by atoms with Crippen LogP contribution in [0.3, 0.4) is 0 Å². The van der Waals surface area contributed by atoms with Gasteiger partial charge in [-0.15, -0.1) is 0 Å². The highest BCUT2D eigenvalue weighted by Crippen LogP contribution is 2.53. The zero-order valence-electron chi connectivity index (χ0n) is 25.4. The number of rotatable bonds is 5. The van der Waals surface area contributed by atoms with Gasteiger partial charge in [0.05, 0.1) is 24.2 Å². The van der Waals surface area contributed by atoms with E-state index in [9.17, 15) is 14.7 Å². The first-order valence-corrected chi connectivity index (χ1v) is 15.5. The normalized spacial score (nSPS) is 45.4. The van der Waals surface area contributed by atoms with Crippen molar-refractivity contribution in [1.29, 1.82) is 0 Å². The minimum atomic E-state index is -1.20. The largest absolute Gasteiger partial charge is 0.459 e. The Morgan fingerprint density at radius 1 is 1.07 bits per heavy atom. The fourth-order valence-corrected chi connectivity index (χ4v) is 7.90. The molecule has 11 unspecified atom stereocenters. The van der Waals surface area contributed by atoms with Crippen molar-refractivity contribution in [2.45, 2.75) is 135 Å². The van der Waals surface area contributed by atoms with Crippen LogP contribution < -0.4 is 5.73 Å². The highest BCUT2D eigenvalue weighted by Gasteiger charge is 2.62. The molecule has 3 N–H and O–H groups in total. The van der Waals surface area contributed by atoms with Gasteiger partial charge in [-0.05, 0) is 65.8 Å². The van der Waals surface area contributed by atoms with Gasteiger partial charge in [0.25, 0.3) is 0 Å². The standard InChI is InChI=1S/C31H52N2O7/c1-8-24-30(7)27(33(29(36)40-30)15-10-9-14-32)21(5)25(34)19(3)12-11-13-23-26(22(6)28(35)37-24)39-31(23)17-18(2)16-20(4)38-31/h19-24,26-27,29,36H,2,8-17,32H2,1,3-7H3. The number of aliphatic hydroxyl groups excluding tert-OH is 1. The third kappa shape index (κ3) is 5.79. The molecule has 4 fully saturated rings. The number of hydrogen-bond donors (Lipinski definition) is 2. The second kappa shape index (κ2) is 12.5. The number of unbranched alkanes of at least 4 members (excludes halogenated alkanes) is 1. The van der Waals surface area contributed by atoms with Crippen molar-refractivity contribution in [3.05, 3.63) is 12.2 Å². The number of cyclic esters (lactones) is 1. The monoisotopic (exact) mass is 564 g/mol. The molecule has 9 heteroatoms. The van der Waals surface area contributed by atoms with E-state index in [1.165, 1.54) is 0 Å². The summed E-state index contributed by atoms with van der Waals surface area (Å²) in [5.74, 6) is -2.09. The van der Waals surface area contributed by atoms with Crippen LogP contribution in [-0.4, -0.2) is 77.0 Å². The lowest BCUT2D eigenvalue weighted by molar-refractivity contribution is -0.407. The Balaban J connectivity index is 1.65. The molecule has 40 heavy (non-hydrogen) atoms. The maximum absolute atomic E-state index is 13.9. The Morgan fingerprint density at radius 2 is 1.80 bits per heavy atom. The van der Waals surface area contributed by atoms with Crippen LogP contribution in [0.5, 0.6) is 0 Å². The Kier molecular flexibility index (Phi) is 9.85. The topological polar surface area (TPSA) is 121 Å². The molecule has 228 valence electrons. The van der Waals surface area contributed by atoms with Crippen molar-refractivity contribution in [2.24, 2.45) is 29.4 Å². The number of Topliss-reactive ketones (excluding diaryl/α,β-unsaturated/α-hetero) is 1. The van der Waals surface area contributed by atoms with Gasteiger partial charge < -0.3 is 29.8 Å². The zero-order valence-corrected chi connectivity index (χ0v) is 25.4. The number of esters is 1. The van der Waals surface area contributed by atoms with Crippen LogP contribution >= 0.6 is 0 Å². The van der Waals surface area contributed by atoms with E-state index in [1.54, 1.807) is 0 Å². The molecule has 0 aromatic heterocycles. The third-order valence-corrected chi connectivity index (χ3v) is 9.92. The Labute approximate surface area is 240 Å². The number of aliphatic hydroxyl groups is 1. The van der Waals surface area contributed by atoms with Gasteiger partial charge in [0.1, 0.15) is 17.5 Å². The van der Waals surface area contributed by atoms with Gasteiger partial charge in [-0.1, -0.05) is 39.3 Å². The van der Waals surface area contributed by atoms with Gasteiger partial charge in [0.15, 0.2) is 5.79 Å². The number of ketones is 1. The van der Waals surface area contributed by atoms with E-state index in [2.05, 4.69) is 6.58 Å². The molecule has 0 amide bonds. The van der Waals surface area contributed by atoms with Gasteiger partial charge in [-0.3, -0.25) is 9.59 Å². The molecule has 1 spiro atoms. The molecule has 4 saturated heterocycles. The first kappa shape index (κ1) is 31.6. The van der Waals surface area contributed by atoms with Crippen LogP contribution in [0, 0.1) is 23.7 Å². The van der Waals surface area contributed by atoms with E-state index in [0.29, 0.717) is 25.9 Å². The summed E-state index contributed by atoms with van der Waals surface area (Å²) in [5, 5.41) is 11.1. The number of carbonyl (C=O) groups excluding carboxylic acids is 2. The van der Waals surface area contributed by atoms with Crippen molar-refractivity contribution in [2.75, 3.05) is 13.1 Å². The van der Waals surface area contributed by atoms with Crippen LogP contribution in [0.15, 0.2) is 12.2 Å². The predicted octanol–water partition coefficient (Wildman–Crippen LogP) is 3.91. The van der Waals surface area contributed by atoms with E-state index < -0.39 is 41.8 Å². The SMILES string of the molecule is C=C1CC(C)OC2(C1)OC1C(C)C(=O)OC(CC)C3(C)OC(O)N(CCCCN)C3C(C)C(=O)C(C)CCCC12. The fourth-order valence-electron chi connectivity index (χ4n) is 7.90. The van der Waals surface area contributed by atoms with Crippen molar-refractivity contribution < 1.29 is 33.6 Å². The molecule has 4 heterocycles. The summed E-state index contributed by atoms with van der Waals surface area (Å²) in [7, 11) is 0. The van der Waals surface area contributed by atoms with Crippen molar-refractivity contribution in [1.82, 2.24) is 4.90 Å². The second-order valence-electron chi connectivity index (χ2n) is 13.0. The molecule has 0 saturated carbocycles. The smallest absolute Gasteiger partial charge is 0.311 e. The highest BCUT2D eigenvalue weighted by molar-refractivity contribution is 5.83. The lowest BCUT2D eigenvalue weighted by Crippen LogP contribution is -2.66. The summed E-state index contributed by atoms with van der Waals surface area (Å²) in [4.78, 5) is 29.4. The van der Waals surface area contributed by atoms with Crippen molar-refractivity contribution in [3.63, 3.8) is 0 Å². The maximum Gasteiger partial charge on any atom is 0.311 e. The Hall–Kier alpha value is -1.36. The van der Waals surface area contributed by atoms with E-state index in [1.807, 2.05) is 46.4 Å². The summed E-state index contributed by atoms with van der Waals surface area (Å²) in [6.07, 6.45) is 3.60. The molecule has 0 aromatic rings. The molecule has 11 atom stereocenters. The molecule has 9 nitrogen and oxygen atoms in total. The fraction of sp³-hybridized carbons (Fsp3) is 0.871. The van der Waals surface area contributed by atoms with E-state index in [4.69, 9.17) is 24.7 Å². The first-order chi connectivity index (χ1) is 18.9. The molecular weight excluding hydrogens is 512 g/mol. The molecule has 0 bridgehead atoms. The molecular formula is C31H52N2O7. The summed E-state index contributed by atoms with van der Waals surface area (Å²) >= 11 is 0. The molecule has 0 radical (unpaired) electrons. The van der Waals surface area contributed by atoms with E-state index in [-0.39, 0.29) is 35.8 Å². The van der Waals surface area contributed by atoms with Gasteiger partial charge in [0, 0.05) is 30.7 Å². The summed E-state index contributed by atoms with van der Waals surface area (Å²) in [6.45, 7) is 16.9. The van der Waals surface area contributed by atoms with E-state index >= 15 is 0 Å². The van der Waals surface area contributed by atoms with Crippen LogP contribution in [0.4, 0.5) is 0 Å². The maximum atomic E-state index is 13.9. The Morgan fingerprint density at radius 3 is 2.45 bits per heavy atom. The van der Waals surface area contributed by atoms with Crippen LogP contribution in [0.1, 0.15) is 92.9 Å². The zero-order chi connectivity index (χ0) is 29.4. The minimum absolute atomic E-state index is 0.000926. The number of nitrogens with two attached hydrogens (primary N) is 1. The number of fused-ring (bicyclic) bond motifs is 3.